The van der Waals surface area contributed by atoms with Crippen LogP contribution in [0.25, 0.3) is 0 Å². The lowest BCUT2D eigenvalue weighted by atomic mass is 10.2. The standard InChI is InChI=1S/C14H12ClNO2/c1-9-2-5-11(6-3-9)18-14(17)12-8-10(15)4-7-13(12)16/h2-8H,16H2,1H3. The molecule has 0 aliphatic rings. The van der Waals surface area contributed by atoms with E-state index in [0.717, 1.165) is 5.56 Å². The summed E-state index contributed by atoms with van der Waals surface area (Å²) in [6, 6.07) is 11.9. The van der Waals surface area contributed by atoms with Crippen LogP contribution in [0.5, 0.6) is 5.75 Å². The first-order valence-electron chi connectivity index (χ1n) is 5.40. The molecule has 3 nitrogen and oxygen atoms in total. The van der Waals surface area contributed by atoms with Crippen LogP contribution in [0, 0.1) is 6.92 Å². The highest BCUT2D eigenvalue weighted by Crippen LogP contribution is 2.20. The van der Waals surface area contributed by atoms with Gasteiger partial charge in [0.15, 0.2) is 0 Å². The number of esters is 1. The van der Waals surface area contributed by atoms with E-state index in [1.165, 1.54) is 6.07 Å². The number of aryl methyl sites for hydroxylation is 1. The van der Waals surface area contributed by atoms with Crippen molar-refractivity contribution in [2.24, 2.45) is 0 Å². The second kappa shape index (κ2) is 5.10. The first-order chi connectivity index (χ1) is 8.56. The molecule has 0 atom stereocenters. The molecule has 0 unspecified atom stereocenters. The number of carbonyl (C=O) groups excluding carboxylic acids is 1. The molecule has 2 rings (SSSR count). The van der Waals surface area contributed by atoms with Gasteiger partial charge in [-0.2, -0.15) is 0 Å². The van der Waals surface area contributed by atoms with Crippen LogP contribution in [0.1, 0.15) is 15.9 Å². The molecule has 18 heavy (non-hydrogen) atoms. The van der Waals surface area contributed by atoms with Crippen LogP contribution in [0.15, 0.2) is 42.5 Å². The zero-order valence-corrected chi connectivity index (χ0v) is 10.6. The van der Waals surface area contributed by atoms with Crippen LogP contribution in [0.2, 0.25) is 5.02 Å². The Labute approximate surface area is 110 Å². The number of nitrogens with two attached hydrogens (primary N) is 1. The second-order valence-corrected chi connectivity index (χ2v) is 4.37. The van der Waals surface area contributed by atoms with E-state index in [9.17, 15) is 4.79 Å². The highest BCUT2D eigenvalue weighted by molar-refractivity contribution is 6.31. The van der Waals surface area contributed by atoms with Gasteiger partial charge in [-0.1, -0.05) is 29.3 Å². The van der Waals surface area contributed by atoms with Gasteiger partial charge < -0.3 is 10.5 Å². The van der Waals surface area contributed by atoms with Gasteiger partial charge in [0.05, 0.1) is 5.56 Å². The molecule has 0 fully saturated rings. The van der Waals surface area contributed by atoms with E-state index in [1.54, 1.807) is 24.3 Å². The fraction of sp³-hybridized carbons (Fsp3) is 0.0714. The van der Waals surface area contributed by atoms with Crippen molar-refractivity contribution in [2.75, 3.05) is 5.73 Å². The first kappa shape index (κ1) is 12.5. The average molecular weight is 262 g/mol. The molecule has 0 saturated heterocycles. The highest BCUT2D eigenvalue weighted by atomic mass is 35.5. The van der Waals surface area contributed by atoms with E-state index in [1.807, 2.05) is 19.1 Å². The molecule has 0 amide bonds. The molecular formula is C14H12ClNO2. The largest absolute Gasteiger partial charge is 0.423 e. The number of hydrogen-bond donors (Lipinski definition) is 1. The predicted octanol–water partition coefficient (Wildman–Crippen LogP) is 3.45. The summed E-state index contributed by atoms with van der Waals surface area (Å²) in [4.78, 5) is 11.9. The average Bonchev–Trinajstić information content (AvgIpc) is 2.35. The van der Waals surface area contributed by atoms with Crippen LogP contribution in [0.4, 0.5) is 5.69 Å². The molecule has 2 N–H and O–H groups in total. The number of nitrogen functional groups attached to an aromatic ring is 1. The maximum absolute atomic E-state index is 11.9. The molecule has 0 heterocycles. The Morgan fingerprint density at radius 1 is 1.17 bits per heavy atom. The van der Waals surface area contributed by atoms with Gasteiger partial charge in [0.25, 0.3) is 0 Å². The Bertz CT molecular complexity index is 579. The van der Waals surface area contributed by atoms with Gasteiger partial charge in [-0.05, 0) is 37.3 Å². The Balaban J connectivity index is 2.21. The minimum absolute atomic E-state index is 0.267. The van der Waals surface area contributed by atoms with Gasteiger partial charge >= 0.3 is 5.97 Å². The first-order valence-corrected chi connectivity index (χ1v) is 5.78. The van der Waals surface area contributed by atoms with E-state index < -0.39 is 5.97 Å². The fourth-order valence-electron chi connectivity index (χ4n) is 1.47. The summed E-state index contributed by atoms with van der Waals surface area (Å²) in [5, 5.41) is 0.444. The fourth-order valence-corrected chi connectivity index (χ4v) is 1.65. The Morgan fingerprint density at radius 2 is 1.83 bits per heavy atom. The number of ether oxygens (including phenoxy) is 1. The van der Waals surface area contributed by atoms with Crippen LogP contribution in [-0.4, -0.2) is 5.97 Å². The van der Waals surface area contributed by atoms with E-state index in [0.29, 0.717) is 16.5 Å². The Hall–Kier alpha value is -2.00. The van der Waals surface area contributed by atoms with E-state index in [4.69, 9.17) is 22.1 Å². The molecule has 0 saturated carbocycles. The summed E-state index contributed by atoms with van der Waals surface area (Å²) in [6.45, 7) is 1.96. The lowest BCUT2D eigenvalue weighted by Gasteiger charge is -2.07. The number of hydrogen-bond acceptors (Lipinski definition) is 3. The smallest absolute Gasteiger partial charge is 0.345 e. The number of anilines is 1. The monoisotopic (exact) mass is 261 g/mol. The van der Waals surface area contributed by atoms with Crippen LogP contribution in [0.3, 0.4) is 0 Å². The molecule has 2 aromatic carbocycles. The van der Waals surface area contributed by atoms with Crippen LogP contribution < -0.4 is 10.5 Å². The third kappa shape index (κ3) is 2.81. The predicted molar refractivity (Wildman–Crippen MR) is 72.0 cm³/mol. The number of carbonyl (C=O) groups is 1. The van der Waals surface area contributed by atoms with Crippen LogP contribution >= 0.6 is 11.6 Å². The van der Waals surface area contributed by atoms with Crippen molar-refractivity contribution in [3.05, 3.63) is 58.6 Å². The van der Waals surface area contributed by atoms with E-state index in [2.05, 4.69) is 0 Å². The topological polar surface area (TPSA) is 52.3 Å². The lowest BCUT2D eigenvalue weighted by Crippen LogP contribution is -2.11. The van der Waals surface area contributed by atoms with E-state index >= 15 is 0 Å². The molecule has 0 aromatic heterocycles. The van der Waals surface area contributed by atoms with Gasteiger partial charge in [-0.3, -0.25) is 0 Å². The summed E-state index contributed by atoms with van der Waals surface area (Å²) < 4.78 is 5.21. The minimum atomic E-state index is -0.515. The summed E-state index contributed by atoms with van der Waals surface area (Å²) in [5.74, 6) is -0.0381. The molecule has 0 bridgehead atoms. The number of halogens is 1. The van der Waals surface area contributed by atoms with Crippen molar-refractivity contribution in [2.45, 2.75) is 6.92 Å². The maximum Gasteiger partial charge on any atom is 0.345 e. The van der Waals surface area contributed by atoms with Crippen molar-refractivity contribution in [1.82, 2.24) is 0 Å². The van der Waals surface area contributed by atoms with Crippen molar-refractivity contribution < 1.29 is 9.53 Å². The Morgan fingerprint density at radius 3 is 2.50 bits per heavy atom. The summed E-state index contributed by atoms with van der Waals surface area (Å²) in [7, 11) is 0. The third-order valence-electron chi connectivity index (χ3n) is 2.47. The van der Waals surface area contributed by atoms with Crippen LogP contribution in [-0.2, 0) is 0 Å². The molecule has 92 valence electrons. The lowest BCUT2D eigenvalue weighted by molar-refractivity contribution is 0.0736. The Kier molecular flexibility index (Phi) is 3.53. The van der Waals surface area contributed by atoms with Gasteiger partial charge in [0.1, 0.15) is 5.75 Å². The zero-order valence-electron chi connectivity index (χ0n) is 9.81. The van der Waals surface area contributed by atoms with Gasteiger partial charge in [0, 0.05) is 10.7 Å². The number of benzene rings is 2. The quantitative estimate of drug-likeness (QED) is 0.512. The maximum atomic E-state index is 11.9. The molecule has 2 aromatic rings. The molecular weight excluding hydrogens is 250 g/mol. The van der Waals surface area contributed by atoms with Crippen molar-refractivity contribution in [1.29, 1.82) is 0 Å². The second-order valence-electron chi connectivity index (χ2n) is 3.93. The van der Waals surface area contributed by atoms with Gasteiger partial charge in [-0.15, -0.1) is 0 Å². The summed E-state index contributed by atoms with van der Waals surface area (Å²) in [5.41, 5.74) is 7.41. The van der Waals surface area contributed by atoms with Crippen molar-refractivity contribution >= 4 is 23.3 Å². The third-order valence-corrected chi connectivity index (χ3v) is 2.70. The van der Waals surface area contributed by atoms with Crippen molar-refractivity contribution in [3.8, 4) is 5.75 Å². The molecule has 0 aliphatic heterocycles. The molecule has 0 spiro atoms. The SMILES string of the molecule is Cc1ccc(OC(=O)c2cc(Cl)ccc2N)cc1. The van der Waals surface area contributed by atoms with Gasteiger partial charge in [0.2, 0.25) is 0 Å². The zero-order chi connectivity index (χ0) is 13.1. The number of rotatable bonds is 2. The normalized spacial score (nSPS) is 10.1. The molecule has 4 heteroatoms. The highest BCUT2D eigenvalue weighted by Gasteiger charge is 2.12. The molecule has 0 radical (unpaired) electrons. The summed E-state index contributed by atoms with van der Waals surface area (Å²) >= 11 is 5.82. The molecule has 0 aliphatic carbocycles. The minimum Gasteiger partial charge on any atom is -0.423 e. The van der Waals surface area contributed by atoms with E-state index in [-0.39, 0.29) is 5.56 Å². The van der Waals surface area contributed by atoms with Gasteiger partial charge in [-0.25, -0.2) is 4.79 Å². The van der Waals surface area contributed by atoms with Crippen molar-refractivity contribution in [3.63, 3.8) is 0 Å². The summed E-state index contributed by atoms with van der Waals surface area (Å²) in [6.07, 6.45) is 0.